The molecule has 0 atom stereocenters. The molecule has 33 heavy (non-hydrogen) atoms. The molecule has 8 nitrogen and oxygen atoms in total. The van der Waals surface area contributed by atoms with E-state index < -0.39 is 4.92 Å². The number of nitrogens with zero attached hydrogens (tertiary/aromatic N) is 2. The van der Waals surface area contributed by atoms with E-state index in [-0.39, 0.29) is 23.3 Å². The minimum atomic E-state index is -0.458. The van der Waals surface area contributed by atoms with Gasteiger partial charge in [-0.2, -0.15) is 0 Å². The maximum absolute atomic E-state index is 12.3. The van der Waals surface area contributed by atoms with Crippen LogP contribution in [-0.2, 0) is 4.79 Å². The number of benzene rings is 2. The largest absolute Gasteiger partial charge is 0.321 e. The lowest BCUT2D eigenvalue weighted by atomic mass is 10.1. The molecule has 0 saturated carbocycles. The highest BCUT2D eigenvalue weighted by Crippen LogP contribution is 2.28. The van der Waals surface area contributed by atoms with Crippen molar-refractivity contribution in [3.05, 3.63) is 86.4 Å². The number of thiazole rings is 1. The number of hydrogen-bond acceptors (Lipinski definition) is 8. The number of aromatic nitrogens is 1. The molecule has 0 fully saturated rings. The second-order valence-electron chi connectivity index (χ2n) is 6.64. The van der Waals surface area contributed by atoms with Crippen molar-refractivity contribution < 1.29 is 14.5 Å². The van der Waals surface area contributed by atoms with Gasteiger partial charge in [0.25, 0.3) is 11.6 Å². The Labute approximate surface area is 200 Å². The number of nitro benzene ring substituents is 1. The SMILES string of the molecule is O=C(CSc1ccc(NC(=O)c2cccs2)cc1)Nc1nc(-c2cccc([N+](=O)[O-])c2)cs1. The number of nitro groups is 1. The fourth-order valence-electron chi connectivity index (χ4n) is 2.78. The van der Waals surface area contributed by atoms with E-state index in [2.05, 4.69) is 15.6 Å². The van der Waals surface area contributed by atoms with Gasteiger partial charge in [0.15, 0.2) is 5.13 Å². The van der Waals surface area contributed by atoms with Crippen LogP contribution >= 0.6 is 34.4 Å². The van der Waals surface area contributed by atoms with Gasteiger partial charge in [-0.1, -0.05) is 18.2 Å². The maximum Gasteiger partial charge on any atom is 0.270 e. The standard InChI is InChI=1S/C22H16N4O4S3/c27-20(25-22-24-18(12-33-22)14-3-1-4-16(11-14)26(29)30)13-32-17-8-6-15(7-9-17)23-21(28)19-5-2-10-31-19/h1-12H,13H2,(H,23,28)(H,24,25,27). The Kier molecular flexibility index (Phi) is 7.13. The fourth-order valence-corrected chi connectivity index (χ4v) is 4.83. The van der Waals surface area contributed by atoms with Crippen LogP contribution in [0.15, 0.2) is 76.3 Å². The zero-order chi connectivity index (χ0) is 23.2. The number of carbonyl (C=O) groups is 2. The molecule has 2 N–H and O–H groups in total. The Morgan fingerprint density at radius 2 is 1.85 bits per heavy atom. The summed E-state index contributed by atoms with van der Waals surface area (Å²) in [5, 5.41) is 20.5. The molecule has 0 bridgehead atoms. The van der Waals surface area contributed by atoms with E-state index in [0.717, 1.165) is 4.90 Å². The third kappa shape index (κ3) is 6.04. The van der Waals surface area contributed by atoms with Crippen LogP contribution in [0.1, 0.15) is 9.67 Å². The van der Waals surface area contributed by atoms with E-state index in [1.807, 2.05) is 23.6 Å². The first-order valence-corrected chi connectivity index (χ1v) is 12.3. The van der Waals surface area contributed by atoms with E-state index >= 15 is 0 Å². The highest BCUT2D eigenvalue weighted by atomic mass is 32.2. The predicted octanol–water partition coefficient (Wildman–Crippen LogP) is 5.76. The van der Waals surface area contributed by atoms with Crippen molar-refractivity contribution in [3.63, 3.8) is 0 Å². The Morgan fingerprint density at radius 1 is 1.03 bits per heavy atom. The molecule has 11 heteroatoms. The summed E-state index contributed by atoms with van der Waals surface area (Å²) in [6, 6.07) is 17.0. The van der Waals surface area contributed by atoms with E-state index in [0.29, 0.717) is 27.0 Å². The average molecular weight is 497 g/mol. The molecule has 0 radical (unpaired) electrons. The van der Waals surface area contributed by atoms with Crippen molar-refractivity contribution >= 4 is 62.8 Å². The Balaban J connectivity index is 1.29. The number of amides is 2. The molecule has 0 aliphatic carbocycles. The van der Waals surface area contributed by atoms with Crippen LogP contribution in [0.25, 0.3) is 11.3 Å². The summed E-state index contributed by atoms with van der Waals surface area (Å²) < 4.78 is 0. The van der Waals surface area contributed by atoms with Crippen molar-refractivity contribution in [1.82, 2.24) is 4.98 Å². The smallest absolute Gasteiger partial charge is 0.270 e. The van der Waals surface area contributed by atoms with Crippen molar-refractivity contribution in [2.45, 2.75) is 4.90 Å². The highest BCUT2D eigenvalue weighted by Gasteiger charge is 2.12. The molecule has 0 aliphatic rings. The van der Waals surface area contributed by atoms with Gasteiger partial charge in [-0.15, -0.1) is 34.4 Å². The number of carbonyl (C=O) groups excluding carboxylic acids is 2. The number of anilines is 2. The van der Waals surface area contributed by atoms with Crippen molar-refractivity contribution in [3.8, 4) is 11.3 Å². The second-order valence-corrected chi connectivity index (χ2v) is 9.49. The summed E-state index contributed by atoms with van der Waals surface area (Å²) in [5.74, 6) is -0.181. The summed E-state index contributed by atoms with van der Waals surface area (Å²) in [6.07, 6.45) is 0. The van der Waals surface area contributed by atoms with Gasteiger partial charge in [0, 0.05) is 33.7 Å². The molecular formula is C22H16N4O4S3. The number of thioether (sulfide) groups is 1. The number of thiophene rings is 1. The number of hydrogen-bond donors (Lipinski definition) is 2. The lowest BCUT2D eigenvalue weighted by molar-refractivity contribution is -0.384. The first-order chi connectivity index (χ1) is 16.0. The first kappa shape index (κ1) is 22.6. The van der Waals surface area contributed by atoms with Gasteiger partial charge in [-0.3, -0.25) is 19.7 Å². The summed E-state index contributed by atoms with van der Waals surface area (Å²) in [5.41, 5.74) is 1.84. The van der Waals surface area contributed by atoms with Gasteiger partial charge in [0.1, 0.15) is 0 Å². The van der Waals surface area contributed by atoms with Gasteiger partial charge < -0.3 is 10.6 Å². The molecule has 0 aliphatic heterocycles. The molecule has 0 unspecified atom stereocenters. The van der Waals surface area contributed by atoms with Gasteiger partial charge >= 0.3 is 0 Å². The maximum atomic E-state index is 12.3. The normalized spacial score (nSPS) is 10.5. The van der Waals surface area contributed by atoms with E-state index in [9.17, 15) is 19.7 Å². The van der Waals surface area contributed by atoms with Crippen molar-refractivity contribution in [2.75, 3.05) is 16.4 Å². The van der Waals surface area contributed by atoms with Gasteiger partial charge in [0.05, 0.1) is 21.2 Å². The van der Waals surface area contributed by atoms with Gasteiger partial charge in [-0.05, 0) is 35.7 Å². The summed E-state index contributed by atoms with van der Waals surface area (Å²) in [4.78, 5) is 40.8. The highest BCUT2D eigenvalue weighted by molar-refractivity contribution is 8.00. The molecule has 2 amide bonds. The molecule has 4 rings (SSSR count). The minimum Gasteiger partial charge on any atom is -0.321 e. The van der Waals surface area contributed by atoms with Crippen LogP contribution < -0.4 is 10.6 Å². The molecule has 2 aromatic carbocycles. The van der Waals surface area contributed by atoms with Crippen LogP contribution in [0.2, 0.25) is 0 Å². The lowest BCUT2D eigenvalue weighted by Gasteiger charge is -2.06. The molecule has 2 heterocycles. The Bertz CT molecular complexity index is 1290. The Hall–Kier alpha value is -3.54. The fraction of sp³-hybridized carbons (Fsp3) is 0.0455. The predicted molar refractivity (Wildman–Crippen MR) is 132 cm³/mol. The lowest BCUT2D eigenvalue weighted by Crippen LogP contribution is -2.13. The molecule has 0 spiro atoms. The summed E-state index contributed by atoms with van der Waals surface area (Å²) in [7, 11) is 0. The molecule has 4 aromatic rings. The van der Waals surface area contributed by atoms with E-state index in [1.54, 1.807) is 35.7 Å². The first-order valence-electron chi connectivity index (χ1n) is 9.56. The number of non-ortho nitro benzene ring substituents is 1. The summed E-state index contributed by atoms with van der Waals surface area (Å²) >= 11 is 3.99. The average Bonchev–Trinajstić information content (AvgIpc) is 3.51. The second kappa shape index (κ2) is 10.4. The zero-order valence-electron chi connectivity index (χ0n) is 16.9. The third-order valence-corrected chi connectivity index (χ3v) is 6.97. The van der Waals surface area contributed by atoms with Crippen LogP contribution in [0.3, 0.4) is 0 Å². The number of nitrogens with one attached hydrogen (secondary N) is 2. The van der Waals surface area contributed by atoms with Crippen molar-refractivity contribution in [1.29, 1.82) is 0 Å². The van der Waals surface area contributed by atoms with Gasteiger partial charge in [0.2, 0.25) is 5.91 Å². The monoisotopic (exact) mass is 496 g/mol. The van der Waals surface area contributed by atoms with Crippen LogP contribution in [0.4, 0.5) is 16.5 Å². The molecule has 0 saturated heterocycles. The zero-order valence-corrected chi connectivity index (χ0v) is 19.3. The van der Waals surface area contributed by atoms with Gasteiger partial charge in [-0.25, -0.2) is 4.98 Å². The minimum absolute atomic E-state index is 0.0143. The van der Waals surface area contributed by atoms with Crippen LogP contribution in [0.5, 0.6) is 0 Å². The topological polar surface area (TPSA) is 114 Å². The molecule has 166 valence electrons. The third-order valence-electron chi connectivity index (χ3n) is 4.33. The van der Waals surface area contributed by atoms with Crippen LogP contribution in [-0.4, -0.2) is 27.5 Å². The molecule has 2 aromatic heterocycles. The quantitative estimate of drug-likeness (QED) is 0.182. The number of rotatable bonds is 8. The summed E-state index contributed by atoms with van der Waals surface area (Å²) in [6.45, 7) is 0. The molecular weight excluding hydrogens is 480 g/mol. The van der Waals surface area contributed by atoms with E-state index in [1.165, 1.54) is 46.6 Å². The van der Waals surface area contributed by atoms with E-state index in [4.69, 9.17) is 0 Å². The van der Waals surface area contributed by atoms with Crippen LogP contribution in [0, 0.1) is 10.1 Å². The Morgan fingerprint density at radius 3 is 2.58 bits per heavy atom. The van der Waals surface area contributed by atoms with Crippen molar-refractivity contribution in [2.24, 2.45) is 0 Å².